The minimum atomic E-state index is -0.817. The second-order valence-electron chi connectivity index (χ2n) is 5.44. The summed E-state index contributed by atoms with van der Waals surface area (Å²) in [5.41, 5.74) is 1.07. The Morgan fingerprint density at radius 1 is 1.38 bits per heavy atom. The van der Waals surface area contributed by atoms with Crippen molar-refractivity contribution in [3.05, 3.63) is 35.9 Å². The maximum Gasteiger partial charge on any atom is 0.317 e. The molecule has 2 amide bonds. The van der Waals surface area contributed by atoms with Crippen LogP contribution in [0.25, 0.3) is 0 Å². The van der Waals surface area contributed by atoms with Crippen molar-refractivity contribution >= 4 is 12.0 Å². The third-order valence-electron chi connectivity index (χ3n) is 3.97. The highest BCUT2D eigenvalue weighted by molar-refractivity contribution is 5.77. The van der Waals surface area contributed by atoms with E-state index >= 15 is 0 Å². The van der Waals surface area contributed by atoms with Gasteiger partial charge in [-0.05, 0) is 24.8 Å². The number of hydrogen-bond donors (Lipinski definition) is 2. The summed E-state index contributed by atoms with van der Waals surface area (Å²) < 4.78 is 0. The topological polar surface area (TPSA) is 69.6 Å². The molecule has 5 nitrogen and oxygen atoms in total. The van der Waals surface area contributed by atoms with E-state index in [0.29, 0.717) is 19.5 Å². The number of aliphatic carboxylic acids is 1. The molecule has 1 fully saturated rings. The molecule has 2 atom stereocenters. The van der Waals surface area contributed by atoms with E-state index in [1.165, 1.54) is 0 Å². The van der Waals surface area contributed by atoms with E-state index in [4.69, 9.17) is 5.11 Å². The van der Waals surface area contributed by atoms with Crippen molar-refractivity contribution in [2.45, 2.75) is 32.2 Å². The first kappa shape index (κ1) is 15.4. The molecule has 1 aliphatic heterocycles. The van der Waals surface area contributed by atoms with Crippen molar-refractivity contribution in [2.24, 2.45) is 5.92 Å². The van der Waals surface area contributed by atoms with E-state index in [-0.39, 0.29) is 12.1 Å². The lowest BCUT2D eigenvalue weighted by molar-refractivity contribution is -0.143. The summed E-state index contributed by atoms with van der Waals surface area (Å²) in [4.78, 5) is 25.0. The Bertz CT molecular complexity index is 490. The largest absolute Gasteiger partial charge is 0.481 e. The molecule has 0 radical (unpaired) electrons. The second-order valence-corrected chi connectivity index (χ2v) is 5.44. The zero-order chi connectivity index (χ0) is 15.2. The van der Waals surface area contributed by atoms with Gasteiger partial charge in [-0.25, -0.2) is 4.79 Å². The van der Waals surface area contributed by atoms with Crippen molar-refractivity contribution in [3.8, 4) is 0 Å². The molecule has 5 heteroatoms. The third kappa shape index (κ3) is 3.97. The lowest BCUT2D eigenvalue weighted by atomic mass is 9.98. The molecule has 2 rings (SSSR count). The molecule has 0 aromatic heterocycles. The molecule has 0 spiro atoms. The van der Waals surface area contributed by atoms with Crippen molar-refractivity contribution in [1.29, 1.82) is 0 Å². The maximum atomic E-state index is 12.3. The Morgan fingerprint density at radius 2 is 2.10 bits per heavy atom. The number of carboxylic acid groups (broad SMARTS) is 1. The van der Waals surface area contributed by atoms with Gasteiger partial charge >= 0.3 is 12.0 Å². The Labute approximate surface area is 125 Å². The van der Waals surface area contributed by atoms with Gasteiger partial charge in [0, 0.05) is 13.1 Å². The summed E-state index contributed by atoms with van der Waals surface area (Å²) >= 11 is 0. The summed E-state index contributed by atoms with van der Waals surface area (Å²) in [6.07, 6.45) is 2.19. The summed E-state index contributed by atoms with van der Waals surface area (Å²) in [5.74, 6) is -1.26. The van der Waals surface area contributed by atoms with Crippen LogP contribution in [-0.4, -0.2) is 35.1 Å². The zero-order valence-electron chi connectivity index (χ0n) is 12.3. The van der Waals surface area contributed by atoms with Gasteiger partial charge in [-0.1, -0.05) is 37.3 Å². The predicted molar refractivity (Wildman–Crippen MR) is 79.9 cm³/mol. The molecule has 0 bridgehead atoms. The number of likely N-dealkylation sites (tertiary alicyclic amines) is 1. The fourth-order valence-electron chi connectivity index (χ4n) is 2.71. The number of amides is 2. The van der Waals surface area contributed by atoms with Crippen LogP contribution in [0.2, 0.25) is 0 Å². The number of carbonyl (C=O) groups excluding carboxylic acids is 1. The Balaban J connectivity index is 1.98. The standard InChI is InChI=1S/C16H22N2O3/c1-2-14(12-7-4-3-5-8-12)17-16(21)18-10-6-9-13(11-18)15(19)20/h3-5,7-8,13-14H,2,6,9-11H2,1H3,(H,17,21)(H,19,20). The van der Waals surface area contributed by atoms with Gasteiger partial charge in [0.05, 0.1) is 12.0 Å². The molecule has 1 aromatic carbocycles. The first-order chi connectivity index (χ1) is 10.1. The molecule has 1 heterocycles. The van der Waals surface area contributed by atoms with Crippen molar-refractivity contribution in [2.75, 3.05) is 13.1 Å². The zero-order valence-corrected chi connectivity index (χ0v) is 12.3. The van der Waals surface area contributed by atoms with Crippen molar-refractivity contribution in [1.82, 2.24) is 10.2 Å². The van der Waals surface area contributed by atoms with Crippen LogP contribution in [0, 0.1) is 5.92 Å². The summed E-state index contributed by atoms with van der Waals surface area (Å²) in [5, 5.41) is 12.1. The van der Waals surface area contributed by atoms with E-state index in [0.717, 1.165) is 18.4 Å². The molecule has 1 aromatic rings. The Kier molecular flexibility index (Phi) is 5.20. The molecule has 2 unspecified atom stereocenters. The number of carboxylic acids is 1. The first-order valence-electron chi connectivity index (χ1n) is 7.45. The van der Waals surface area contributed by atoms with Crippen LogP contribution in [-0.2, 0) is 4.79 Å². The van der Waals surface area contributed by atoms with E-state index in [1.807, 2.05) is 37.3 Å². The first-order valence-corrected chi connectivity index (χ1v) is 7.45. The van der Waals surface area contributed by atoms with Crippen LogP contribution < -0.4 is 5.32 Å². The maximum absolute atomic E-state index is 12.3. The summed E-state index contributed by atoms with van der Waals surface area (Å²) in [6.45, 7) is 2.95. The van der Waals surface area contributed by atoms with Crippen LogP contribution in [0.4, 0.5) is 4.79 Å². The van der Waals surface area contributed by atoms with Crippen LogP contribution >= 0.6 is 0 Å². The van der Waals surface area contributed by atoms with Gasteiger partial charge in [0.1, 0.15) is 0 Å². The highest BCUT2D eigenvalue weighted by atomic mass is 16.4. The van der Waals surface area contributed by atoms with E-state index in [2.05, 4.69) is 5.32 Å². The number of rotatable bonds is 4. The van der Waals surface area contributed by atoms with Gasteiger partial charge in [-0.2, -0.15) is 0 Å². The lowest BCUT2D eigenvalue weighted by Gasteiger charge is -2.32. The van der Waals surface area contributed by atoms with Crippen molar-refractivity contribution < 1.29 is 14.7 Å². The van der Waals surface area contributed by atoms with Crippen LogP contribution in [0.3, 0.4) is 0 Å². The van der Waals surface area contributed by atoms with Gasteiger partial charge in [-0.3, -0.25) is 4.79 Å². The highest BCUT2D eigenvalue weighted by Crippen LogP contribution is 2.19. The summed E-state index contributed by atoms with van der Waals surface area (Å²) in [7, 11) is 0. The Hall–Kier alpha value is -2.04. The number of nitrogens with zero attached hydrogens (tertiary/aromatic N) is 1. The second kappa shape index (κ2) is 7.11. The number of urea groups is 1. The smallest absolute Gasteiger partial charge is 0.317 e. The van der Waals surface area contributed by atoms with Gasteiger partial charge < -0.3 is 15.3 Å². The van der Waals surface area contributed by atoms with Crippen LogP contribution in [0.1, 0.15) is 37.8 Å². The third-order valence-corrected chi connectivity index (χ3v) is 3.97. The minimum absolute atomic E-state index is 0.0381. The number of hydrogen-bond acceptors (Lipinski definition) is 2. The molecule has 114 valence electrons. The van der Waals surface area contributed by atoms with E-state index < -0.39 is 11.9 Å². The van der Waals surface area contributed by atoms with Crippen LogP contribution in [0.5, 0.6) is 0 Å². The number of piperidine rings is 1. The molecule has 2 N–H and O–H groups in total. The SMILES string of the molecule is CCC(NC(=O)N1CCCC(C(=O)O)C1)c1ccccc1. The Morgan fingerprint density at radius 3 is 2.71 bits per heavy atom. The van der Waals surface area contributed by atoms with Gasteiger partial charge in [0.2, 0.25) is 0 Å². The van der Waals surface area contributed by atoms with E-state index in [1.54, 1.807) is 4.90 Å². The van der Waals surface area contributed by atoms with Crippen LogP contribution in [0.15, 0.2) is 30.3 Å². The monoisotopic (exact) mass is 290 g/mol. The van der Waals surface area contributed by atoms with E-state index in [9.17, 15) is 9.59 Å². The van der Waals surface area contributed by atoms with Gasteiger partial charge in [-0.15, -0.1) is 0 Å². The molecular formula is C16H22N2O3. The molecule has 21 heavy (non-hydrogen) atoms. The predicted octanol–water partition coefficient (Wildman–Crippen LogP) is 2.64. The molecule has 0 aliphatic carbocycles. The number of benzene rings is 1. The summed E-state index contributed by atoms with van der Waals surface area (Å²) in [6, 6.07) is 9.62. The quantitative estimate of drug-likeness (QED) is 0.895. The molecule has 0 saturated carbocycles. The van der Waals surface area contributed by atoms with Crippen molar-refractivity contribution in [3.63, 3.8) is 0 Å². The molecule has 1 aliphatic rings. The molecular weight excluding hydrogens is 268 g/mol. The normalized spacial score (nSPS) is 19.9. The highest BCUT2D eigenvalue weighted by Gasteiger charge is 2.28. The lowest BCUT2D eigenvalue weighted by Crippen LogP contribution is -2.47. The fourth-order valence-corrected chi connectivity index (χ4v) is 2.71. The average Bonchev–Trinajstić information content (AvgIpc) is 2.53. The minimum Gasteiger partial charge on any atom is -0.481 e. The van der Waals surface area contributed by atoms with Gasteiger partial charge in [0.25, 0.3) is 0 Å². The number of nitrogens with one attached hydrogen (secondary N) is 1. The average molecular weight is 290 g/mol. The number of carbonyl (C=O) groups is 2. The van der Waals surface area contributed by atoms with Gasteiger partial charge in [0.15, 0.2) is 0 Å². The fraction of sp³-hybridized carbons (Fsp3) is 0.500. The molecule has 1 saturated heterocycles.